The van der Waals surface area contributed by atoms with Gasteiger partial charge >= 0.3 is 6.03 Å². The van der Waals surface area contributed by atoms with E-state index in [-0.39, 0.29) is 6.03 Å². The maximum Gasteiger partial charge on any atom is 0.323 e. The predicted molar refractivity (Wildman–Crippen MR) is 117 cm³/mol. The second kappa shape index (κ2) is 8.38. The van der Waals surface area contributed by atoms with Gasteiger partial charge in [-0.1, -0.05) is 12.1 Å². The van der Waals surface area contributed by atoms with Gasteiger partial charge in [-0.05, 0) is 36.4 Å². The van der Waals surface area contributed by atoms with Gasteiger partial charge in [0.25, 0.3) is 0 Å². The average Bonchev–Trinajstić information content (AvgIpc) is 3.25. The number of benzene rings is 2. The van der Waals surface area contributed by atoms with E-state index in [4.69, 9.17) is 11.0 Å². The van der Waals surface area contributed by atoms with Crippen LogP contribution in [0.15, 0.2) is 66.4 Å². The fraction of sp³-hybridized carbons (Fsp3) is 0. The van der Waals surface area contributed by atoms with Crippen molar-refractivity contribution in [2.45, 2.75) is 0 Å². The summed E-state index contributed by atoms with van der Waals surface area (Å²) in [7, 11) is 0. The molecule has 4 aromatic rings. The van der Waals surface area contributed by atoms with E-state index in [1.807, 2.05) is 29.6 Å². The summed E-state index contributed by atoms with van der Waals surface area (Å²) in [6, 6.07) is 15.6. The first-order chi connectivity index (χ1) is 14.6. The number of aromatic nitrogens is 3. The van der Waals surface area contributed by atoms with E-state index in [1.54, 1.807) is 36.5 Å². The molecule has 2 aromatic heterocycles. The molecule has 2 amide bonds. The molecule has 4 N–H and O–H groups in total. The number of nitrogens with one attached hydrogen (secondary N) is 2. The van der Waals surface area contributed by atoms with E-state index in [1.165, 1.54) is 17.7 Å². The van der Waals surface area contributed by atoms with Crippen molar-refractivity contribution < 1.29 is 4.79 Å². The highest BCUT2D eigenvalue weighted by atomic mass is 32.1. The zero-order valence-electron chi connectivity index (χ0n) is 15.5. The van der Waals surface area contributed by atoms with Gasteiger partial charge in [0.15, 0.2) is 0 Å². The third kappa shape index (κ3) is 4.24. The van der Waals surface area contributed by atoms with Crippen LogP contribution in [-0.2, 0) is 0 Å². The van der Waals surface area contributed by atoms with Crippen molar-refractivity contribution in [3.63, 3.8) is 0 Å². The number of thiazole rings is 1. The predicted octanol–water partition coefficient (Wildman–Crippen LogP) is 4.36. The number of anilines is 3. The van der Waals surface area contributed by atoms with Gasteiger partial charge in [0.2, 0.25) is 0 Å². The Morgan fingerprint density at radius 3 is 2.67 bits per heavy atom. The fourth-order valence-corrected chi connectivity index (χ4v) is 3.56. The number of nitrogens with zero attached hydrogens (tertiary/aromatic N) is 4. The Hall–Kier alpha value is -4.29. The number of nitrogens with two attached hydrogens (primary N) is 1. The number of nitriles is 1. The van der Waals surface area contributed by atoms with Crippen molar-refractivity contribution in [1.29, 1.82) is 5.26 Å². The summed E-state index contributed by atoms with van der Waals surface area (Å²) in [5.41, 5.74) is 9.94. The van der Waals surface area contributed by atoms with E-state index in [9.17, 15) is 4.79 Å². The summed E-state index contributed by atoms with van der Waals surface area (Å²) in [6.07, 6.45) is 3.03. The van der Waals surface area contributed by atoms with E-state index < -0.39 is 0 Å². The minimum absolute atomic E-state index is 0.376. The number of amides is 2. The van der Waals surface area contributed by atoms with Gasteiger partial charge in [0.1, 0.15) is 17.2 Å². The Kier molecular flexibility index (Phi) is 5.32. The lowest BCUT2D eigenvalue weighted by Crippen LogP contribution is -2.19. The number of carbonyl (C=O) groups is 1. The molecule has 0 bridgehead atoms. The summed E-state index contributed by atoms with van der Waals surface area (Å²) in [5.74, 6) is 0.376. The molecule has 0 aliphatic carbocycles. The zero-order chi connectivity index (χ0) is 20.9. The minimum Gasteiger partial charge on any atom is -0.383 e. The minimum atomic E-state index is -0.384. The van der Waals surface area contributed by atoms with Crippen LogP contribution in [0.4, 0.5) is 22.0 Å². The highest BCUT2D eigenvalue weighted by molar-refractivity contribution is 7.13. The molecule has 0 atom stereocenters. The molecule has 0 aliphatic rings. The maximum absolute atomic E-state index is 12.3. The second-order valence-corrected chi connectivity index (χ2v) is 7.07. The van der Waals surface area contributed by atoms with Crippen LogP contribution in [0.2, 0.25) is 0 Å². The second-order valence-electron chi connectivity index (χ2n) is 6.21. The van der Waals surface area contributed by atoms with Gasteiger partial charge in [0, 0.05) is 28.5 Å². The van der Waals surface area contributed by atoms with Crippen LogP contribution in [0.5, 0.6) is 0 Å². The van der Waals surface area contributed by atoms with Crippen LogP contribution in [0.3, 0.4) is 0 Å². The molecule has 2 heterocycles. The van der Waals surface area contributed by atoms with Crippen molar-refractivity contribution in [3.05, 3.63) is 72.0 Å². The summed E-state index contributed by atoms with van der Waals surface area (Å²) in [5, 5.41) is 17.0. The molecule has 0 saturated carbocycles. The number of rotatable bonds is 4. The Balaban J connectivity index is 1.48. The molecule has 2 aromatic carbocycles. The normalized spacial score (nSPS) is 10.2. The summed E-state index contributed by atoms with van der Waals surface area (Å²) in [4.78, 5) is 24.9. The molecule has 0 radical (unpaired) electrons. The number of carbonyl (C=O) groups excluding carboxylic acids is 1. The molecule has 0 fully saturated rings. The van der Waals surface area contributed by atoms with Crippen LogP contribution >= 0.6 is 11.3 Å². The van der Waals surface area contributed by atoms with Gasteiger partial charge < -0.3 is 16.4 Å². The van der Waals surface area contributed by atoms with E-state index >= 15 is 0 Å². The molecule has 0 aliphatic heterocycles. The zero-order valence-corrected chi connectivity index (χ0v) is 16.4. The Labute approximate surface area is 176 Å². The highest BCUT2D eigenvalue weighted by Crippen LogP contribution is 2.31. The Morgan fingerprint density at radius 2 is 1.90 bits per heavy atom. The van der Waals surface area contributed by atoms with Crippen LogP contribution in [0.1, 0.15) is 5.56 Å². The highest BCUT2D eigenvalue weighted by Gasteiger charge is 2.11. The molecular weight excluding hydrogens is 398 g/mol. The quantitative estimate of drug-likeness (QED) is 0.456. The molecule has 0 saturated heterocycles. The standard InChI is InChI=1S/C21H15N7OS/c22-9-13-4-6-15(7-5-13)26-21(29)27-16-3-1-2-14(8-16)18-11-30-20(28-18)17-10-24-12-25-19(17)23/h1-8,10-12H,(H2,23,24,25)(H2,26,27,29). The van der Waals surface area contributed by atoms with Crippen molar-refractivity contribution in [3.8, 4) is 27.9 Å². The third-order valence-corrected chi connectivity index (χ3v) is 5.04. The van der Waals surface area contributed by atoms with Gasteiger partial charge in [-0.15, -0.1) is 11.3 Å². The first-order valence-corrected chi connectivity index (χ1v) is 9.70. The van der Waals surface area contributed by atoms with Gasteiger partial charge in [-0.2, -0.15) is 5.26 Å². The first-order valence-electron chi connectivity index (χ1n) is 8.82. The van der Waals surface area contributed by atoms with Crippen LogP contribution in [0.25, 0.3) is 21.8 Å². The van der Waals surface area contributed by atoms with Gasteiger partial charge in [-0.25, -0.2) is 19.7 Å². The largest absolute Gasteiger partial charge is 0.383 e. The lowest BCUT2D eigenvalue weighted by molar-refractivity contribution is 0.262. The molecule has 30 heavy (non-hydrogen) atoms. The number of hydrogen-bond donors (Lipinski definition) is 3. The molecule has 4 rings (SSSR count). The Morgan fingerprint density at radius 1 is 1.10 bits per heavy atom. The van der Waals surface area contributed by atoms with Crippen LogP contribution < -0.4 is 16.4 Å². The first kappa shape index (κ1) is 19.0. The van der Waals surface area contributed by atoms with Crippen molar-refractivity contribution in [2.24, 2.45) is 0 Å². The molecule has 9 heteroatoms. The monoisotopic (exact) mass is 413 g/mol. The molecule has 146 valence electrons. The third-order valence-electron chi connectivity index (χ3n) is 4.17. The molecular formula is C21H15N7OS. The van der Waals surface area contributed by atoms with Crippen LogP contribution in [-0.4, -0.2) is 21.0 Å². The van der Waals surface area contributed by atoms with Crippen molar-refractivity contribution >= 4 is 34.6 Å². The smallest absolute Gasteiger partial charge is 0.323 e. The van der Waals surface area contributed by atoms with Crippen molar-refractivity contribution in [1.82, 2.24) is 15.0 Å². The Bertz CT molecular complexity index is 1240. The van der Waals surface area contributed by atoms with E-state index in [2.05, 4.69) is 25.6 Å². The summed E-state index contributed by atoms with van der Waals surface area (Å²) in [6.45, 7) is 0. The topological polar surface area (TPSA) is 130 Å². The maximum atomic E-state index is 12.3. The van der Waals surface area contributed by atoms with Gasteiger partial charge in [0.05, 0.1) is 22.9 Å². The summed E-state index contributed by atoms with van der Waals surface area (Å²) < 4.78 is 0. The van der Waals surface area contributed by atoms with Crippen LogP contribution in [0, 0.1) is 11.3 Å². The lowest BCUT2D eigenvalue weighted by Gasteiger charge is -2.08. The number of hydrogen-bond acceptors (Lipinski definition) is 7. The lowest BCUT2D eigenvalue weighted by atomic mass is 10.1. The van der Waals surface area contributed by atoms with E-state index in [0.717, 1.165) is 16.3 Å². The fourth-order valence-electron chi connectivity index (χ4n) is 2.71. The molecule has 0 unspecified atom stereocenters. The molecule has 0 spiro atoms. The summed E-state index contributed by atoms with van der Waals surface area (Å²) >= 11 is 1.44. The van der Waals surface area contributed by atoms with Crippen molar-refractivity contribution in [2.75, 3.05) is 16.4 Å². The molecule has 8 nitrogen and oxygen atoms in total. The average molecular weight is 413 g/mol. The van der Waals surface area contributed by atoms with Gasteiger partial charge in [-0.3, -0.25) is 0 Å². The number of nitrogen functional groups attached to an aromatic ring is 1. The number of urea groups is 1. The SMILES string of the molecule is N#Cc1ccc(NC(=O)Nc2cccc(-c3csc(-c4cncnc4N)n3)c2)cc1. The van der Waals surface area contributed by atoms with E-state index in [0.29, 0.717) is 28.3 Å².